The number of rotatable bonds is 6. The highest BCUT2D eigenvalue weighted by Crippen LogP contribution is 2.45. The minimum Gasteiger partial charge on any atom is -0.455 e. The van der Waals surface area contributed by atoms with E-state index in [2.05, 4.69) is 240 Å². The van der Waals surface area contributed by atoms with E-state index in [4.69, 9.17) is 19.4 Å². The van der Waals surface area contributed by atoms with Gasteiger partial charge in [-0.1, -0.05) is 170 Å². The summed E-state index contributed by atoms with van der Waals surface area (Å²) in [5, 5.41) is 11.2. The van der Waals surface area contributed by atoms with Crippen molar-refractivity contribution in [2.75, 3.05) is 0 Å². The molecule has 0 amide bonds. The second kappa shape index (κ2) is 15.4. The van der Waals surface area contributed by atoms with Gasteiger partial charge in [0.25, 0.3) is 0 Å². The number of nitrogens with zero attached hydrogens (tertiary/aromatic N) is 5. The first-order valence-corrected chi connectivity index (χ1v) is 24.0. The van der Waals surface area contributed by atoms with E-state index in [0.29, 0.717) is 23.1 Å². The molecule has 0 radical (unpaired) electrons. The van der Waals surface area contributed by atoms with Gasteiger partial charge in [-0.05, 0) is 94.0 Å². The highest BCUT2D eigenvalue weighted by Gasteiger charge is 2.25. The molecule has 0 atom stereocenters. The maximum Gasteiger partial charge on any atom is 0.167 e. The maximum atomic E-state index is 7.32. The molecule has 0 aliphatic rings. The van der Waals surface area contributed by atoms with Crippen LogP contribution >= 0.6 is 0 Å². The molecule has 0 aliphatic heterocycles. The molecule has 0 unspecified atom stereocenters. The third-order valence-corrected chi connectivity index (χ3v) is 14.3. The molecule has 6 nitrogen and oxygen atoms in total. The van der Waals surface area contributed by atoms with E-state index in [1.807, 2.05) is 6.07 Å². The van der Waals surface area contributed by atoms with Crippen LogP contribution < -0.4 is 0 Å². The van der Waals surface area contributed by atoms with Crippen molar-refractivity contribution < 1.29 is 4.42 Å². The van der Waals surface area contributed by atoms with Crippen molar-refractivity contribution >= 4 is 87.1 Å². The molecule has 71 heavy (non-hydrogen) atoms. The van der Waals surface area contributed by atoms with E-state index >= 15 is 0 Å². The Bertz CT molecular complexity index is 4640. The summed E-state index contributed by atoms with van der Waals surface area (Å²) in [6.07, 6.45) is 0. The van der Waals surface area contributed by atoms with Crippen LogP contribution in [0.1, 0.15) is 0 Å². The van der Waals surface area contributed by atoms with Crippen LogP contribution in [0, 0.1) is 0 Å². The number of para-hydroxylation sites is 4. The lowest BCUT2D eigenvalue weighted by Gasteiger charge is -2.14. The molecular formula is C65H39N5O. The minimum atomic E-state index is 0.516. The average molecular weight is 906 g/mol. The van der Waals surface area contributed by atoms with Gasteiger partial charge in [-0.3, -0.25) is 0 Å². The van der Waals surface area contributed by atoms with E-state index in [-0.39, 0.29) is 0 Å². The predicted molar refractivity (Wildman–Crippen MR) is 293 cm³/mol. The molecule has 0 saturated heterocycles. The Morgan fingerprint density at radius 2 is 0.901 bits per heavy atom. The zero-order valence-electron chi connectivity index (χ0n) is 38.2. The normalized spacial score (nSPS) is 11.9. The minimum absolute atomic E-state index is 0.516. The molecule has 4 heterocycles. The first-order chi connectivity index (χ1) is 35.2. The Balaban J connectivity index is 1.05. The zero-order chi connectivity index (χ0) is 46.6. The van der Waals surface area contributed by atoms with E-state index in [0.717, 1.165) is 99.2 Å². The van der Waals surface area contributed by atoms with Crippen molar-refractivity contribution in [1.82, 2.24) is 24.1 Å². The zero-order valence-corrected chi connectivity index (χ0v) is 38.2. The van der Waals surface area contributed by atoms with Gasteiger partial charge < -0.3 is 13.6 Å². The molecule has 11 aromatic carbocycles. The van der Waals surface area contributed by atoms with Crippen LogP contribution in [0.2, 0.25) is 0 Å². The predicted octanol–water partition coefficient (Wildman–Crippen LogP) is 16.9. The topological polar surface area (TPSA) is 61.7 Å². The van der Waals surface area contributed by atoms with Gasteiger partial charge in [-0.2, -0.15) is 0 Å². The second-order valence-corrected chi connectivity index (χ2v) is 18.3. The standard InChI is InChI=1S/C65H39N5O/c1-3-17-40(18-4-1)42-22-15-23-45(37-42)63-66-64(52-30-16-29-50-48-27-11-13-31-55(48)69(60(50)52)46-24-5-2-6-25-46)68-65(67-63)53-35-36-57(59-51-34-33-41-19-9-10-26-47(41)61(51)71-62(53)59)70-56-32-14-12-28-49(56)54-38-43-20-7-8-21-44(43)39-58(54)70/h1-39H. The molecule has 6 heteroatoms. The summed E-state index contributed by atoms with van der Waals surface area (Å²) >= 11 is 0. The van der Waals surface area contributed by atoms with Gasteiger partial charge in [0.05, 0.1) is 38.7 Å². The lowest BCUT2D eigenvalue weighted by Crippen LogP contribution is -2.03. The van der Waals surface area contributed by atoms with Crippen molar-refractivity contribution in [3.63, 3.8) is 0 Å². The van der Waals surface area contributed by atoms with Gasteiger partial charge in [0.1, 0.15) is 11.2 Å². The van der Waals surface area contributed by atoms with Crippen LogP contribution in [-0.4, -0.2) is 24.1 Å². The molecule has 330 valence electrons. The molecule has 0 fully saturated rings. The van der Waals surface area contributed by atoms with Crippen molar-refractivity contribution in [1.29, 1.82) is 0 Å². The summed E-state index contributed by atoms with van der Waals surface area (Å²) in [4.78, 5) is 16.4. The van der Waals surface area contributed by atoms with Crippen molar-refractivity contribution in [3.8, 4) is 56.7 Å². The van der Waals surface area contributed by atoms with Gasteiger partial charge in [-0.25, -0.2) is 15.0 Å². The Kier molecular flexibility index (Phi) is 8.56. The molecule has 0 aliphatic carbocycles. The monoisotopic (exact) mass is 905 g/mol. The van der Waals surface area contributed by atoms with Gasteiger partial charge in [0.2, 0.25) is 0 Å². The smallest absolute Gasteiger partial charge is 0.167 e. The van der Waals surface area contributed by atoms with Crippen molar-refractivity contribution in [2.45, 2.75) is 0 Å². The van der Waals surface area contributed by atoms with Crippen LogP contribution in [0.15, 0.2) is 241 Å². The van der Waals surface area contributed by atoms with E-state index in [1.54, 1.807) is 0 Å². The Morgan fingerprint density at radius 1 is 0.310 bits per heavy atom. The highest BCUT2D eigenvalue weighted by atomic mass is 16.3. The highest BCUT2D eigenvalue weighted by molar-refractivity contribution is 6.22. The number of hydrogen-bond acceptors (Lipinski definition) is 4. The summed E-state index contributed by atoms with van der Waals surface area (Å²) in [5.41, 5.74) is 12.7. The summed E-state index contributed by atoms with van der Waals surface area (Å²) < 4.78 is 12.1. The largest absolute Gasteiger partial charge is 0.455 e. The van der Waals surface area contributed by atoms with Gasteiger partial charge in [-0.15, -0.1) is 0 Å². The number of hydrogen-bond donors (Lipinski definition) is 0. The number of aromatic nitrogens is 5. The van der Waals surface area contributed by atoms with Crippen molar-refractivity contribution in [3.05, 3.63) is 237 Å². The van der Waals surface area contributed by atoms with Crippen LogP contribution in [-0.2, 0) is 0 Å². The van der Waals surface area contributed by atoms with Gasteiger partial charge in [0.15, 0.2) is 17.5 Å². The molecular weight excluding hydrogens is 867 g/mol. The lowest BCUT2D eigenvalue weighted by atomic mass is 10.0. The third kappa shape index (κ3) is 6.05. The van der Waals surface area contributed by atoms with Crippen LogP contribution in [0.25, 0.3) is 144 Å². The fourth-order valence-electron chi connectivity index (χ4n) is 11.1. The first-order valence-electron chi connectivity index (χ1n) is 24.0. The average Bonchev–Trinajstić information content (AvgIpc) is 4.11. The summed E-state index contributed by atoms with van der Waals surface area (Å²) in [6, 6.07) is 83.8. The summed E-state index contributed by atoms with van der Waals surface area (Å²) in [6.45, 7) is 0. The number of fused-ring (bicyclic) bond motifs is 12. The molecule has 0 saturated carbocycles. The lowest BCUT2D eigenvalue weighted by molar-refractivity contribution is 0.673. The quantitative estimate of drug-likeness (QED) is 0.167. The fourth-order valence-corrected chi connectivity index (χ4v) is 11.1. The molecule has 15 rings (SSSR count). The molecule has 0 spiro atoms. The number of furan rings is 1. The van der Waals surface area contributed by atoms with Crippen LogP contribution in [0.3, 0.4) is 0 Å². The molecule has 0 bridgehead atoms. The molecule has 4 aromatic heterocycles. The Hall–Kier alpha value is -9.65. The molecule has 15 aromatic rings. The van der Waals surface area contributed by atoms with E-state index in [1.165, 1.54) is 21.5 Å². The Labute approximate surface area is 407 Å². The van der Waals surface area contributed by atoms with Crippen molar-refractivity contribution in [2.24, 2.45) is 0 Å². The van der Waals surface area contributed by atoms with Crippen LogP contribution in [0.5, 0.6) is 0 Å². The first kappa shape index (κ1) is 39.4. The maximum absolute atomic E-state index is 7.32. The Morgan fingerprint density at radius 3 is 1.70 bits per heavy atom. The number of benzene rings is 11. The van der Waals surface area contributed by atoms with Gasteiger partial charge in [0, 0.05) is 49.1 Å². The van der Waals surface area contributed by atoms with Crippen LogP contribution in [0.4, 0.5) is 0 Å². The van der Waals surface area contributed by atoms with E-state index < -0.39 is 0 Å². The fraction of sp³-hybridized carbons (Fsp3) is 0. The second-order valence-electron chi connectivity index (χ2n) is 18.3. The van der Waals surface area contributed by atoms with Gasteiger partial charge >= 0.3 is 0 Å². The third-order valence-electron chi connectivity index (χ3n) is 14.3. The summed E-state index contributed by atoms with van der Waals surface area (Å²) in [5.74, 6) is 1.65. The summed E-state index contributed by atoms with van der Waals surface area (Å²) in [7, 11) is 0. The van der Waals surface area contributed by atoms with E-state index in [9.17, 15) is 0 Å². The SMILES string of the molecule is c1ccc(-c2cccc(-c3nc(-c4ccc(-n5c6ccccc6c6cc7ccccc7cc65)c5c4oc4c6ccccc6ccc45)nc(-c4cccc5c6ccccc6n(-c6ccccc6)c45)n3)c2)cc1. The molecule has 0 N–H and O–H groups in total.